The minimum Gasteiger partial charge on any atom is -0.360 e. The molecule has 2 heterocycles. The normalized spacial score (nSPS) is 18.2. The molecule has 7 nitrogen and oxygen atoms in total. The fourth-order valence-electron chi connectivity index (χ4n) is 2.09. The van der Waals surface area contributed by atoms with Gasteiger partial charge in [-0.15, -0.1) is 11.8 Å². The van der Waals surface area contributed by atoms with Crippen molar-refractivity contribution < 1.29 is 14.1 Å². The predicted molar refractivity (Wildman–Crippen MR) is 81.2 cm³/mol. The molecule has 0 bridgehead atoms. The largest absolute Gasteiger partial charge is 0.360 e. The summed E-state index contributed by atoms with van der Waals surface area (Å²) in [6, 6.07) is 1.85. The van der Waals surface area contributed by atoms with Crippen molar-refractivity contribution in [2.75, 3.05) is 29.9 Å². The number of piperidine rings is 1. The molecule has 1 aromatic rings. The molecule has 8 heteroatoms. The number of carbonyl (C=O) groups excluding carboxylic acids is 2. The van der Waals surface area contributed by atoms with Gasteiger partial charge in [-0.1, -0.05) is 5.16 Å². The van der Waals surface area contributed by atoms with Crippen LogP contribution in [0.5, 0.6) is 0 Å². The molecular weight excluding hydrogens is 292 g/mol. The zero-order valence-electron chi connectivity index (χ0n) is 12.0. The third-order valence-corrected chi connectivity index (χ3v) is 3.96. The second kappa shape index (κ2) is 8.04. The summed E-state index contributed by atoms with van der Waals surface area (Å²) >= 11 is 1.28. The highest BCUT2D eigenvalue weighted by Gasteiger charge is 2.15. The molecule has 1 aliphatic rings. The first-order valence-corrected chi connectivity index (χ1v) is 8.10. The molecule has 116 valence electrons. The fourth-order valence-corrected chi connectivity index (χ4v) is 2.71. The number of hydrogen-bond donors (Lipinski definition) is 3. The van der Waals surface area contributed by atoms with E-state index in [1.807, 2.05) is 0 Å². The average Bonchev–Trinajstić information content (AvgIpc) is 2.85. The smallest absolute Gasteiger partial charge is 0.235 e. The van der Waals surface area contributed by atoms with Gasteiger partial charge in [-0.3, -0.25) is 9.59 Å². The quantitative estimate of drug-likeness (QED) is 0.709. The van der Waals surface area contributed by atoms with Crippen molar-refractivity contribution >= 4 is 29.4 Å². The molecule has 21 heavy (non-hydrogen) atoms. The average molecular weight is 312 g/mol. The molecule has 2 amide bonds. The molecule has 2 rings (SSSR count). The summed E-state index contributed by atoms with van der Waals surface area (Å²) in [7, 11) is 0. The maximum atomic E-state index is 11.7. The Morgan fingerprint density at radius 2 is 2.29 bits per heavy atom. The molecule has 1 fully saturated rings. The van der Waals surface area contributed by atoms with Crippen LogP contribution >= 0.6 is 11.8 Å². The summed E-state index contributed by atoms with van der Waals surface area (Å²) in [5.74, 6) is 1.30. The fraction of sp³-hybridized carbons (Fsp3) is 0.615. The van der Waals surface area contributed by atoms with E-state index in [1.54, 1.807) is 13.0 Å². The standard InChI is InChI=1S/C13H20N4O3S/c1-9-5-11(17-20-9)16-13(19)8-21-7-12(18)15-10-3-2-4-14-6-10/h5,10,14H,2-4,6-8H2,1H3,(H,15,18)(H,16,17,19). The second-order valence-corrected chi connectivity index (χ2v) is 5.96. The van der Waals surface area contributed by atoms with Crippen LogP contribution in [0, 0.1) is 6.92 Å². The lowest BCUT2D eigenvalue weighted by atomic mass is 10.1. The molecule has 0 spiro atoms. The first-order chi connectivity index (χ1) is 10.1. The molecule has 3 N–H and O–H groups in total. The van der Waals surface area contributed by atoms with Gasteiger partial charge in [0.15, 0.2) is 5.82 Å². The molecule has 0 aromatic carbocycles. The van der Waals surface area contributed by atoms with Gasteiger partial charge in [0, 0.05) is 18.7 Å². The van der Waals surface area contributed by atoms with Gasteiger partial charge in [0.05, 0.1) is 11.5 Å². The van der Waals surface area contributed by atoms with Gasteiger partial charge in [-0.05, 0) is 26.3 Å². The number of nitrogens with one attached hydrogen (secondary N) is 3. The van der Waals surface area contributed by atoms with Gasteiger partial charge in [-0.2, -0.15) is 0 Å². The highest BCUT2D eigenvalue weighted by Crippen LogP contribution is 2.08. The van der Waals surface area contributed by atoms with E-state index < -0.39 is 0 Å². The minimum absolute atomic E-state index is 0.0289. The number of nitrogens with zero attached hydrogens (tertiary/aromatic N) is 1. The van der Waals surface area contributed by atoms with E-state index in [0.29, 0.717) is 11.6 Å². The van der Waals surface area contributed by atoms with Crippen LogP contribution in [0.25, 0.3) is 0 Å². The van der Waals surface area contributed by atoms with E-state index >= 15 is 0 Å². The number of amides is 2. The summed E-state index contributed by atoms with van der Waals surface area (Å²) in [4.78, 5) is 23.4. The topological polar surface area (TPSA) is 96.3 Å². The molecular formula is C13H20N4O3S. The number of carbonyl (C=O) groups is 2. The van der Waals surface area contributed by atoms with Gasteiger partial charge < -0.3 is 20.5 Å². The van der Waals surface area contributed by atoms with E-state index in [2.05, 4.69) is 21.1 Å². The Kier molecular flexibility index (Phi) is 6.06. The van der Waals surface area contributed by atoms with Gasteiger partial charge in [0.2, 0.25) is 11.8 Å². The molecule has 0 saturated carbocycles. The van der Waals surface area contributed by atoms with Crippen LogP contribution in [0.4, 0.5) is 5.82 Å². The Morgan fingerprint density at radius 3 is 2.95 bits per heavy atom. The van der Waals surface area contributed by atoms with Crippen molar-refractivity contribution in [2.45, 2.75) is 25.8 Å². The number of aromatic nitrogens is 1. The summed E-state index contributed by atoms with van der Waals surface area (Å²) in [6.45, 7) is 3.59. The molecule has 1 unspecified atom stereocenters. The summed E-state index contributed by atoms with van der Waals surface area (Å²) in [5, 5.41) is 12.5. The first-order valence-electron chi connectivity index (χ1n) is 6.94. The van der Waals surface area contributed by atoms with Crippen molar-refractivity contribution in [3.63, 3.8) is 0 Å². The molecule has 1 saturated heterocycles. The second-order valence-electron chi connectivity index (χ2n) is 4.97. The number of anilines is 1. The van der Waals surface area contributed by atoms with Crippen LogP contribution in [0.3, 0.4) is 0 Å². The van der Waals surface area contributed by atoms with E-state index in [4.69, 9.17) is 4.52 Å². The van der Waals surface area contributed by atoms with Crippen LogP contribution in [0.15, 0.2) is 10.6 Å². The van der Waals surface area contributed by atoms with E-state index in [9.17, 15) is 9.59 Å². The lowest BCUT2D eigenvalue weighted by molar-refractivity contribution is -0.119. The van der Waals surface area contributed by atoms with Gasteiger partial charge in [0.1, 0.15) is 5.76 Å². The van der Waals surface area contributed by atoms with Crippen molar-refractivity contribution in [3.8, 4) is 0 Å². The van der Waals surface area contributed by atoms with Crippen LogP contribution in [-0.4, -0.2) is 47.6 Å². The molecule has 1 aliphatic heterocycles. The Hall–Kier alpha value is -1.54. The van der Waals surface area contributed by atoms with Crippen molar-refractivity contribution in [2.24, 2.45) is 0 Å². The molecule has 1 atom stereocenters. The third-order valence-electron chi connectivity index (χ3n) is 3.02. The van der Waals surface area contributed by atoms with Crippen LogP contribution in [-0.2, 0) is 9.59 Å². The maximum absolute atomic E-state index is 11.7. The summed E-state index contributed by atoms with van der Waals surface area (Å²) < 4.78 is 4.85. The van der Waals surface area contributed by atoms with Gasteiger partial charge in [0.25, 0.3) is 0 Å². The predicted octanol–water partition coefficient (Wildman–Crippen LogP) is 0.523. The molecule has 1 aromatic heterocycles. The lowest BCUT2D eigenvalue weighted by Crippen LogP contribution is -2.46. The monoisotopic (exact) mass is 312 g/mol. The zero-order chi connectivity index (χ0) is 15.1. The number of hydrogen-bond acceptors (Lipinski definition) is 6. The van der Waals surface area contributed by atoms with E-state index in [1.165, 1.54) is 11.8 Å². The van der Waals surface area contributed by atoms with Crippen LogP contribution < -0.4 is 16.0 Å². The van der Waals surface area contributed by atoms with Crippen LogP contribution in [0.2, 0.25) is 0 Å². The van der Waals surface area contributed by atoms with Crippen molar-refractivity contribution in [1.82, 2.24) is 15.8 Å². The minimum atomic E-state index is -0.194. The van der Waals surface area contributed by atoms with E-state index in [0.717, 1.165) is 25.9 Å². The van der Waals surface area contributed by atoms with Gasteiger partial charge >= 0.3 is 0 Å². The molecule has 0 radical (unpaired) electrons. The lowest BCUT2D eigenvalue weighted by Gasteiger charge is -2.23. The third kappa shape index (κ3) is 5.76. The Morgan fingerprint density at radius 1 is 1.48 bits per heavy atom. The highest BCUT2D eigenvalue weighted by molar-refractivity contribution is 8.00. The first kappa shape index (κ1) is 15.8. The number of aryl methyl sites for hydroxylation is 1. The van der Waals surface area contributed by atoms with E-state index in [-0.39, 0.29) is 29.4 Å². The highest BCUT2D eigenvalue weighted by atomic mass is 32.2. The summed E-state index contributed by atoms with van der Waals surface area (Å²) in [6.07, 6.45) is 2.09. The maximum Gasteiger partial charge on any atom is 0.235 e. The van der Waals surface area contributed by atoms with Crippen molar-refractivity contribution in [3.05, 3.63) is 11.8 Å². The number of rotatable bonds is 6. The number of thioether (sulfide) groups is 1. The summed E-state index contributed by atoms with van der Waals surface area (Å²) in [5.41, 5.74) is 0. The van der Waals surface area contributed by atoms with Crippen LogP contribution in [0.1, 0.15) is 18.6 Å². The Labute approximate surface area is 127 Å². The Balaban J connectivity index is 1.59. The van der Waals surface area contributed by atoms with Crippen molar-refractivity contribution in [1.29, 1.82) is 0 Å². The SMILES string of the molecule is Cc1cc(NC(=O)CSCC(=O)NC2CCCNC2)no1. The Bertz CT molecular complexity index is 486. The zero-order valence-corrected chi connectivity index (χ0v) is 12.8. The molecule has 0 aliphatic carbocycles. The van der Waals surface area contributed by atoms with Gasteiger partial charge in [-0.25, -0.2) is 0 Å².